The van der Waals surface area contributed by atoms with Gasteiger partial charge in [0.1, 0.15) is 0 Å². The third-order valence-electron chi connectivity index (χ3n) is 3.14. The predicted octanol–water partition coefficient (Wildman–Crippen LogP) is 1.82. The second-order valence-electron chi connectivity index (χ2n) is 4.31. The normalized spacial score (nSPS) is 27.1. The van der Waals surface area contributed by atoms with Crippen molar-refractivity contribution in [2.75, 3.05) is 6.54 Å². The first-order valence-corrected chi connectivity index (χ1v) is 6.61. The largest absolute Gasteiger partial charge is 0.479 e. The minimum Gasteiger partial charge on any atom is -0.479 e. The molecule has 1 aromatic rings. The van der Waals surface area contributed by atoms with E-state index in [4.69, 9.17) is 0 Å². The first kappa shape index (κ1) is 13.1. The maximum Gasteiger partial charge on any atom is 0.335 e. The van der Waals surface area contributed by atoms with Crippen LogP contribution in [-0.2, 0) is 9.59 Å². The summed E-state index contributed by atoms with van der Waals surface area (Å²) in [7, 11) is 0. The van der Waals surface area contributed by atoms with Crippen molar-refractivity contribution in [1.29, 1.82) is 0 Å². The summed E-state index contributed by atoms with van der Waals surface area (Å²) in [5.74, 6) is -1.17. The van der Waals surface area contributed by atoms with E-state index in [1.165, 1.54) is 6.92 Å². The van der Waals surface area contributed by atoms with Crippen LogP contribution in [0.15, 0.2) is 30.3 Å². The highest BCUT2D eigenvalue weighted by molar-refractivity contribution is 8.15. The highest BCUT2D eigenvalue weighted by Gasteiger charge is 2.51. The molecule has 1 heterocycles. The molecule has 2 N–H and O–H groups in total. The van der Waals surface area contributed by atoms with Gasteiger partial charge in [-0.3, -0.25) is 10.1 Å². The lowest BCUT2D eigenvalue weighted by Crippen LogP contribution is -2.48. The summed E-state index contributed by atoms with van der Waals surface area (Å²) < 4.78 is 0. The molecule has 1 aliphatic heterocycles. The number of aliphatic carboxylic acids is 1. The number of nitrogens with one attached hydrogen (secondary N) is 1. The van der Waals surface area contributed by atoms with Gasteiger partial charge in [-0.1, -0.05) is 42.1 Å². The van der Waals surface area contributed by atoms with Gasteiger partial charge in [-0.2, -0.15) is 0 Å². The standard InChI is InChI=1S/C13H15NO3S/c1-9(15)18-13(12(16)17)11(7-8-14-13)10-5-3-2-4-6-10/h2-6,11,14H,7-8H2,1H3,(H,16,17)/t11?,13-/m0/s1. The summed E-state index contributed by atoms with van der Waals surface area (Å²) in [5.41, 5.74) is 0.957. The van der Waals surface area contributed by atoms with Crippen LogP contribution in [0.2, 0.25) is 0 Å². The van der Waals surface area contributed by atoms with Gasteiger partial charge in [0.2, 0.25) is 0 Å². The van der Waals surface area contributed by atoms with Gasteiger partial charge >= 0.3 is 5.97 Å². The molecule has 0 spiro atoms. The molecule has 1 saturated heterocycles. The van der Waals surface area contributed by atoms with Gasteiger partial charge in [0.15, 0.2) is 9.99 Å². The summed E-state index contributed by atoms with van der Waals surface area (Å²) in [6.45, 7) is 2.00. The second-order valence-corrected chi connectivity index (χ2v) is 5.74. The summed E-state index contributed by atoms with van der Waals surface area (Å²) in [6.07, 6.45) is 0.719. The van der Waals surface area contributed by atoms with Crippen molar-refractivity contribution in [3.63, 3.8) is 0 Å². The maximum atomic E-state index is 11.6. The van der Waals surface area contributed by atoms with E-state index in [1.54, 1.807) is 0 Å². The molecular formula is C13H15NO3S. The Balaban J connectivity index is 2.39. The minimum absolute atomic E-state index is 0.187. The van der Waals surface area contributed by atoms with Gasteiger partial charge in [0.05, 0.1) is 0 Å². The van der Waals surface area contributed by atoms with E-state index in [9.17, 15) is 14.7 Å². The van der Waals surface area contributed by atoms with Crippen LogP contribution in [0.4, 0.5) is 0 Å². The lowest BCUT2D eigenvalue weighted by Gasteiger charge is -2.29. The van der Waals surface area contributed by atoms with E-state index in [-0.39, 0.29) is 11.0 Å². The van der Waals surface area contributed by atoms with Gasteiger partial charge in [-0.25, -0.2) is 4.79 Å². The van der Waals surface area contributed by atoms with Crippen LogP contribution in [0.25, 0.3) is 0 Å². The Bertz CT molecular complexity index is 463. The fourth-order valence-corrected chi connectivity index (χ4v) is 3.53. The van der Waals surface area contributed by atoms with Crippen LogP contribution >= 0.6 is 11.8 Å². The van der Waals surface area contributed by atoms with Crippen LogP contribution in [0.5, 0.6) is 0 Å². The molecular weight excluding hydrogens is 250 g/mol. The summed E-state index contributed by atoms with van der Waals surface area (Å²) >= 11 is 0.871. The van der Waals surface area contributed by atoms with E-state index in [0.717, 1.165) is 23.7 Å². The van der Waals surface area contributed by atoms with Crippen LogP contribution < -0.4 is 5.32 Å². The summed E-state index contributed by atoms with van der Waals surface area (Å²) in [6, 6.07) is 9.50. The molecule has 0 aromatic heterocycles. The predicted molar refractivity (Wildman–Crippen MR) is 70.4 cm³/mol. The SMILES string of the molecule is CC(=O)S[C@@]1(C(=O)O)NCCC1c1ccccc1. The van der Waals surface area contributed by atoms with E-state index >= 15 is 0 Å². The number of hydrogen-bond donors (Lipinski definition) is 2. The molecule has 1 aromatic carbocycles. The highest BCUT2D eigenvalue weighted by Crippen LogP contribution is 2.43. The molecule has 0 aliphatic carbocycles. The molecule has 0 saturated carbocycles. The Morgan fingerprint density at radius 3 is 2.61 bits per heavy atom. The number of carboxylic acid groups (broad SMARTS) is 1. The van der Waals surface area contributed by atoms with Crippen LogP contribution in [0, 0.1) is 0 Å². The number of hydrogen-bond acceptors (Lipinski definition) is 4. The van der Waals surface area contributed by atoms with E-state index in [0.29, 0.717) is 6.54 Å². The van der Waals surface area contributed by atoms with Crippen LogP contribution in [0.3, 0.4) is 0 Å². The molecule has 1 unspecified atom stereocenters. The Kier molecular flexibility index (Phi) is 3.73. The van der Waals surface area contributed by atoms with Crippen LogP contribution in [0.1, 0.15) is 24.8 Å². The number of carboxylic acids is 1. The lowest BCUT2D eigenvalue weighted by atomic mass is 9.91. The van der Waals surface area contributed by atoms with Gasteiger partial charge in [-0.15, -0.1) is 0 Å². The smallest absolute Gasteiger partial charge is 0.335 e. The monoisotopic (exact) mass is 265 g/mol. The number of benzene rings is 1. The quantitative estimate of drug-likeness (QED) is 0.872. The highest BCUT2D eigenvalue weighted by atomic mass is 32.2. The van der Waals surface area contributed by atoms with E-state index in [1.807, 2.05) is 30.3 Å². The van der Waals surface area contributed by atoms with Crippen molar-refractivity contribution in [2.45, 2.75) is 24.1 Å². The van der Waals surface area contributed by atoms with Crippen molar-refractivity contribution >= 4 is 22.8 Å². The first-order valence-electron chi connectivity index (χ1n) is 5.79. The number of carbonyl (C=O) groups excluding carboxylic acids is 1. The Morgan fingerprint density at radius 2 is 2.06 bits per heavy atom. The lowest BCUT2D eigenvalue weighted by molar-refractivity contribution is -0.141. The van der Waals surface area contributed by atoms with Crippen molar-refractivity contribution in [1.82, 2.24) is 5.32 Å². The molecule has 0 radical (unpaired) electrons. The maximum absolute atomic E-state index is 11.6. The molecule has 18 heavy (non-hydrogen) atoms. The van der Waals surface area contributed by atoms with Crippen molar-refractivity contribution in [3.8, 4) is 0 Å². The molecule has 2 atom stereocenters. The van der Waals surface area contributed by atoms with Gasteiger partial charge in [0, 0.05) is 12.8 Å². The molecule has 0 amide bonds. The summed E-state index contributed by atoms with van der Waals surface area (Å²) in [5, 5.41) is 12.3. The Hall–Kier alpha value is -1.33. The molecule has 96 valence electrons. The fraction of sp³-hybridized carbons (Fsp3) is 0.385. The van der Waals surface area contributed by atoms with Gasteiger partial charge in [-0.05, 0) is 18.5 Å². The number of rotatable bonds is 3. The minimum atomic E-state index is -1.23. The van der Waals surface area contributed by atoms with Crippen molar-refractivity contribution in [3.05, 3.63) is 35.9 Å². The van der Waals surface area contributed by atoms with Crippen molar-refractivity contribution < 1.29 is 14.7 Å². The zero-order valence-corrected chi connectivity index (χ0v) is 10.9. The Labute approximate surface area is 110 Å². The van der Waals surface area contributed by atoms with E-state index < -0.39 is 10.8 Å². The zero-order chi connectivity index (χ0) is 13.2. The second kappa shape index (κ2) is 5.12. The third kappa shape index (κ3) is 2.28. The van der Waals surface area contributed by atoms with Crippen molar-refractivity contribution in [2.24, 2.45) is 0 Å². The molecule has 2 rings (SSSR count). The average molecular weight is 265 g/mol. The fourth-order valence-electron chi connectivity index (χ4n) is 2.42. The Morgan fingerprint density at radius 1 is 1.39 bits per heavy atom. The first-order chi connectivity index (χ1) is 8.56. The van der Waals surface area contributed by atoms with Crippen LogP contribution in [-0.4, -0.2) is 27.6 Å². The van der Waals surface area contributed by atoms with Gasteiger partial charge < -0.3 is 5.11 Å². The molecule has 1 aliphatic rings. The van der Waals surface area contributed by atoms with Gasteiger partial charge in [0.25, 0.3) is 0 Å². The number of carbonyl (C=O) groups is 2. The zero-order valence-electron chi connectivity index (χ0n) is 10.1. The number of thioether (sulfide) groups is 1. The third-order valence-corrected chi connectivity index (χ3v) is 4.35. The molecule has 4 nitrogen and oxygen atoms in total. The summed E-state index contributed by atoms with van der Waals surface area (Å²) in [4.78, 5) is 21.7. The molecule has 0 bridgehead atoms. The molecule has 5 heteroatoms. The molecule has 1 fully saturated rings. The average Bonchev–Trinajstić information content (AvgIpc) is 2.74. The van der Waals surface area contributed by atoms with E-state index in [2.05, 4.69) is 5.32 Å². The topological polar surface area (TPSA) is 66.4 Å².